The molecule has 2 nitrogen and oxygen atoms in total. The molecule has 19 heavy (non-hydrogen) atoms. The molecule has 0 aromatic heterocycles. The van der Waals surface area contributed by atoms with Gasteiger partial charge in [-0.05, 0) is 60.3 Å². The van der Waals surface area contributed by atoms with Crippen molar-refractivity contribution < 1.29 is 5.11 Å². The summed E-state index contributed by atoms with van der Waals surface area (Å²) >= 11 is 3.39. The molecule has 1 aromatic carbocycles. The zero-order valence-electron chi connectivity index (χ0n) is 11.7. The van der Waals surface area contributed by atoms with Gasteiger partial charge < -0.3 is 5.11 Å². The Morgan fingerprint density at radius 3 is 2.95 bits per heavy atom. The summed E-state index contributed by atoms with van der Waals surface area (Å²) in [5.41, 5.74) is 1.03. The summed E-state index contributed by atoms with van der Waals surface area (Å²) in [6, 6.07) is 5.91. The molecule has 1 fully saturated rings. The highest BCUT2D eigenvalue weighted by molar-refractivity contribution is 9.10. The van der Waals surface area contributed by atoms with Crippen LogP contribution in [0.2, 0.25) is 0 Å². The second kappa shape index (κ2) is 7.30. The fourth-order valence-electron chi connectivity index (χ4n) is 3.01. The van der Waals surface area contributed by atoms with Crippen LogP contribution in [0.1, 0.15) is 44.6 Å². The first-order chi connectivity index (χ1) is 9.20. The summed E-state index contributed by atoms with van der Waals surface area (Å²) in [6.07, 6.45) is 6.64. The highest BCUT2D eigenvalue weighted by Crippen LogP contribution is 2.29. The fourth-order valence-corrected chi connectivity index (χ4v) is 3.42. The van der Waals surface area contributed by atoms with Crippen LogP contribution >= 0.6 is 15.9 Å². The average molecular weight is 326 g/mol. The van der Waals surface area contributed by atoms with Gasteiger partial charge in [-0.15, -0.1) is 0 Å². The number of phenolic OH excluding ortho intramolecular Hbond substituents is 1. The van der Waals surface area contributed by atoms with Gasteiger partial charge in [0.1, 0.15) is 5.75 Å². The molecule has 1 N–H and O–H groups in total. The first-order valence-electron chi connectivity index (χ1n) is 7.39. The average Bonchev–Trinajstić information content (AvgIpc) is 2.61. The highest BCUT2D eigenvalue weighted by Gasteiger charge is 2.17. The van der Waals surface area contributed by atoms with Gasteiger partial charge in [-0.25, -0.2) is 0 Å². The van der Waals surface area contributed by atoms with E-state index in [1.807, 2.05) is 18.2 Å². The summed E-state index contributed by atoms with van der Waals surface area (Å²) in [5.74, 6) is 1.31. The standard InChI is InChI=1S/C16H24BrNO/c1-2-5-13-6-4-10-18(11-9-13)12-14-7-3-8-15(17)16(14)19/h3,7-8,13,19H,2,4-6,9-12H2,1H3. The van der Waals surface area contributed by atoms with E-state index in [1.54, 1.807) is 0 Å². The number of hydrogen-bond donors (Lipinski definition) is 1. The van der Waals surface area contributed by atoms with Gasteiger partial charge in [0.2, 0.25) is 0 Å². The normalized spacial score (nSPS) is 21.3. The summed E-state index contributed by atoms with van der Waals surface area (Å²) in [7, 11) is 0. The maximum atomic E-state index is 10.1. The largest absolute Gasteiger partial charge is 0.506 e. The fraction of sp³-hybridized carbons (Fsp3) is 0.625. The Kier molecular flexibility index (Phi) is 5.71. The lowest BCUT2D eigenvalue weighted by Crippen LogP contribution is -2.24. The third-order valence-corrected chi connectivity index (χ3v) is 4.74. The van der Waals surface area contributed by atoms with Crippen molar-refractivity contribution in [3.8, 4) is 5.75 Å². The van der Waals surface area contributed by atoms with Crippen LogP contribution in [0.5, 0.6) is 5.75 Å². The van der Waals surface area contributed by atoms with Crippen molar-refractivity contribution in [1.82, 2.24) is 4.90 Å². The Hall–Kier alpha value is -0.540. The van der Waals surface area contributed by atoms with Crippen LogP contribution in [0.15, 0.2) is 22.7 Å². The molecule has 0 radical (unpaired) electrons. The number of likely N-dealkylation sites (tertiary alicyclic amines) is 1. The molecule has 1 unspecified atom stereocenters. The molecule has 0 saturated carbocycles. The highest BCUT2D eigenvalue weighted by atomic mass is 79.9. The summed E-state index contributed by atoms with van der Waals surface area (Å²) in [6.45, 7) is 5.47. The third-order valence-electron chi connectivity index (χ3n) is 4.10. The van der Waals surface area contributed by atoms with E-state index in [9.17, 15) is 5.11 Å². The second-order valence-electron chi connectivity index (χ2n) is 5.61. The number of rotatable bonds is 4. The predicted octanol–water partition coefficient (Wildman–Crippen LogP) is 4.56. The van der Waals surface area contributed by atoms with E-state index in [4.69, 9.17) is 0 Å². The van der Waals surface area contributed by atoms with E-state index in [1.165, 1.54) is 32.1 Å². The Labute approximate surface area is 124 Å². The van der Waals surface area contributed by atoms with Gasteiger partial charge in [-0.3, -0.25) is 4.90 Å². The van der Waals surface area contributed by atoms with E-state index in [2.05, 4.69) is 27.8 Å². The van der Waals surface area contributed by atoms with Gasteiger partial charge in [0.15, 0.2) is 0 Å². The van der Waals surface area contributed by atoms with Crippen LogP contribution in [0.3, 0.4) is 0 Å². The third kappa shape index (κ3) is 4.22. The number of benzene rings is 1. The zero-order valence-corrected chi connectivity index (χ0v) is 13.3. The zero-order chi connectivity index (χ0) is 13.7. The molecule has 1 heterocycles. The van der Waals surface area contributed by atoms with E-state index in [0.717, 1.165) is 35.6 Å². The van der Waals surface area contributed by atoms with Gasteiger partial charge in [0, 0.05) is 12.1 Å². The minimum Gasteiger partial charge on any atom is -0.506 e. The Bertz CT molecular complexity index is 408. The topological polar surface area (TPSA) is 23.5 Å². The predicted molar refractivity (Wildman–Crippen MR) is 83.3 cm³/mol. The van der Waals surface area contributed by atoms with Crippen LogP contribution in [0.4, 0.5) is 0 Å². The summed E-state index contributed by atoms with van der Waals surface area (Å²) < 4.78 is 0.795. The number of para-hydroxylation sites is 1. The SMILES string of the molecule is CCCC1CCCN(Cc2cccc(Br)c2O)CC1. The first kappa shape index (κ1) is 14.9. The molecule has 1 atom stereocenters. The van der Waals surface area contributed by atoms with Crippen molar-refractivity contribution in [3.05, 3.63) is 28.2 Å². The Morgan fingerprint density at radius 1 is 1.32 bits per heavy atom. The monoisotopic (exact) mass is 325 g/mol. The summed E-state index contributed by atoms with van der Waals surface area (Å²) in [5, 5.41) is 10.1. The number of aromatic hydroxyl groups is 1. The van der Waals surface area contributed by atoms with Crippen LogP contribution in [-0.4, -0.2) is 23.1 Å². The molecule has 0 bridgehead atoms. The molecule has 3 heteroatoms. The van der Waals surface area contributed by atoms with Gasteiger partial charge >= 0.3 is 0 Å². The maximum Gasteiger partial charge on any atom is 0.134 e. The number of nitrogens with zero attached hydrogens (tertiary/aromatic N) is 1. The van der Waals surface area contributed by atoms with Crippen LogP contribution < -0.4 is 0 Å². The van der Waals surface area contributed by atoms with Crippen LogP contribution in [-0.2, 0) is 6.54 Å². The van der Waals surface area contributed by atoms with E-state index < -0.39 is 0 Å². The first-order valence-corrected chi connectivity index (χ1v) is 8.18. The quantitative estimate of drug-likeness (QED) is 0.877. The maximum absolute atomic E-state index is 10.1. The van der Waals surface area contributed by atoms with Gasteiger partial charge in [0.25, 0.3) is 0 Å². The van der Waals surface area contributed by atoms with Crippen molar-refractivity contribution in [1.29, 1.82) is 0 Å². The van der Waals surface area contributed by atoms with Gasteiger partial charge in [0.05, 0.1) is 4.47 Å². The molecule has 0 aliphatic carbocycles. The molecular formula is C16H24BrNO. The van der Waals surface area contributed by atoms with E-state index in [0.29, 0.717) is 5.75 Å². The molecule has 1 saturated heterocycles. The molecule has 1 aromatic rings. The Morgan fingerprint density at radius 2 is 2.16 bits per heavy atom. The number of hydrogen-bond acceptors (Lipinski definition) is 2. The number of phenols is 1. The molecule has 2 rings (SSSR count). The molecule has 1 aliphatic rings. The van der Waals surface area contributed by atoms with Crippen molar-refractivity contribution in [2.45, 2.75) is 45.6 Å². The molecule has 1 aliphatic heterocycles. The van der Waals surface area contributed by atoms with Gasteiger partial charge in [-0.1, -0.05) is 31.9 Å². The smallest absolute Gasteiger partial charge is 0.134 e. The Balaban J connectivity index is 1.94. The van der Waals surface area contributed by atoms with Crippen molar-refractivity contribution in [2.24, 2.45) is 5.92 Å². The van der Waals surface area contributed by atoms with Crippen molar-refractivity contribution in [3.63, 3.8) is 0 Å². The van der Waals surface area contributed by atoms with Crippen molar-refractivity contribution in [2.75, 3.05) is 13.1 Å². The lowest BCUT2D eigenvalue weighted by molar-refractivity contribution is 0.267. The van der Waals surface area contributed by atoms with Crippen LogP contribution in [0.25, 0.3) is 0 Å². The van der Waals surface area contributed by atoms with E-state index >= 15 is 0 Å². The lowest BCUT2D eigenvalue weighted by atomic mass is 9.96. The molecular weight excluding hydrogens is 302 g/mol. The van der Waals surface area contributed by atoms with Gasteiger partial charge in [-0.2, -0.15) is 0 Å². The summed E-state index contributed by atoms with van der Waals surface area (Å²) in [4.78, 5) is 2.48. The molecule has 0 spiro atoms. The van der Waals surface area contributed by atoms with Crippen LogP contribution in [0, 0.1) is 5.92 Å². The molecule has 0 amide bonds. The van der Waals surface area contributed by atoms with E-state index in [-0.39, 0.29) is 0 Å². The minimum absolute atomic E-state index is 0.400. The number of halogens is 1. The molecule has 106 valence electrons. The minimum atomic E-state index is 0.400. The van der Waals surface area contributed by atoms with Crippen molar-refractivity contribution >= 4 is 15.9 Å². The lowest BCUT2D eigenvalue weighted by Gasteiger charge is -2.21. The second-order valence-corrected chi connectivity index (χ2v) is 6.46.